The highest BCUT2D eigenvalue weighted by atomic mass is 35.5. The minimum atomic E-state index is -0.759. The lowest BCUT2D eigenvalue weighted by Crippen LogP contribution is -2.41. The number of rotatable bonds is 3. The van der Waals surface area contributed by atoms with Gasteiger partial charge in [-0.1, -0.05) is 31.5 Å². The summed E-state index contributed by atoms with van der Waals surface area (Å²) in [5.74, 6) is -0.0897. The van der Waals surface area contributed by atoms with Crippen molar-refractivity contribution in [2.75, 3.05) is 5.73 Å². The normalized spacial score (nSPS) is 29.7. The molecule has 2 atom stereocenters. The zero-order valence-electron chi connectivity index (χ0n) is 10.2. The maximum absolute atomic E-state index is 12.1. The number of benzene rings is 1. The van der Waals surface area contributed by atoms with Crippen molar-refractivity contribution in [1.82, 2.24) is 5.32 Å². The number of anilines is 1. The molecule has 4 nitrogen and oxygen atoms in total. The minimum Gasteiger partial charge on any atom is -0.398 e. The Labute approximate surface area is 110 Å². The maximum atomic E-state index is 12.1. The van der Waals surface area contributed by atoms with Gasteiger partial charge in [0, 0.05) is 0 Å². The van der Waals surface area contributed by atoms with E-state index in [0.29, 0.717) is 11.3 Å². The summed E-state index contributed by atoms with van der Waals surface area (Å²) in [4.78, 5) is 23.3. The molecule has 3 N–H and O–H groups in total. The van der Waals surface area contributed by atoms with E-state index in [9.17, 15) is 9.59 Å². The molecule has 1 aliphatic carbocycles. The van der Waals surface area contributed by atoms with Gasteiger partial charge in [0.05, 0.1) is 16.3 Å². The highest BCUT2D eigenvalue weighted by molar-refractivity contribution is 6.36. The zero-order valence-corrected chi connectivity index (χ0v) is 11.0. The summed E-state index contributed by atoms with van der Waals surface area (Å²) in [5, 5.41) is 2.97. The molecule has 96 valence electrons. The average molecular weight is 267 g/mol. The quantitative estimate of drug-likeness (QED) is 0.648. The Bertz CT molecular complexity index is 508. The van der Waals surface area contributed by atoms with E-state index in [4.69, 9.17) is 17.3 Å². The van der Waals surface area contributed by atoms with Gasteiger partial charge in [0.2, 0.25) is 0 Å². The zero-order chi connectivity index (χ0) is 13.5. The summed E-state index contributed by atoms with van der Waals surface area (Å²) < 4.78 is 0. The van der Waals surface area contributed by atoms with Crippen molar-refractivity contribution in [2.45, 2.75) is 19.4 Å². The number of amides is 1. The molecule has 1 aromatic rings. The van der Waals surface area contributed by atoms with Gasteiger partial charge in [-0.2, -0.15) is 0 Å². The molecular formula is C13H15ClN2O2. The van der Waals surface area contributed by atoms with E-state index in [1.54, 1.807) is 18.2 Å². The van der Waals surface area contributed by atoms with Gasteiger partial charge in [-0.25, -0.2) is 0 Å². The molecule has 0 heterocycles. The molecule has 0 bridgehead atoms. The van der Waals surface area contributed by atoms with Crippen molar-refractivity contribution in [3.05, 3.63) is 28.8 Å². The number of halogens is 1. The van der Waals surface area contributed by atoms with Crippen LogP contribution in [0.2, 0.25) is 5.02 Å². The second kappa shape index (κ2) is 4.28. The molecular weight excluding hydrogens is 252 g/mol. The third-order valence-corrected chi connectivity index (χ3v) is 4.37. The predicted octanol–water partition coefficient (Wildman–Crippen LogP) is 1.88. The number of aldehydes is 1. The van der Waals surface area contributed by atoms with Crippen molar-refractivity contribution in [3.8, 4) is 0 Å². The van der Waals surface area contributed by atoms with Gasteiger partial charge >= 0.3 is 0 Å². The molecule has 1 amide bonds. The number of nitrogens with one attached hydrogen (secondary N) is 1. The first kappa shape index (κ1) is 12.9. The van der Waals surface area contributed by atoms with Crippen LogP contribution in [0.25, 0.3) is 0 Å². The Morgan fingerprint density at radius 3 is 2.56 bits per heavy atom. The number of carbonyl (C=O) groups is 2. The summed E-state index contributed by atoms with van der Waals surface area (Å²) in [5.41, 5.74) is 5.53. The van der Waals surface area contributed by atoms with Gasteiger partial charge in [0.15, 0.2) is 0 Å². The third-order valence-electron chi connectivity index (χ3n) is 3.95. The van der Waals surface area contributed by atoms with Crippen LogP contribution in [0.4, 0.5) is 5.69 Å². The number of hydrogen-bond donors (Lipinski definition) is 2. The highest BCUT2D eigenvalue weighted by Crippen LogP contribution is 2.48. The first-order chi connectivity index (χ1) is 8.44. The molecule has 1 aliphatic rings. The first-order valence-electron chi connectivity index (χ1n) is 5.77. The fraction of sp³-hybridized carbons (Fsp3) is 0.385. The Morgan fingerprint density at radius 1 is 1.44 bits per heavy atom. The van der Waals surface area contributed by atoms with E-state index in [-0.39, 0.29) is 22.8 Å². The van der Waals surface area contributed by atoms with Crippen LogP contribution in [0.3, 0.4) is 0 Å². The van der Waals surface area contributed by atoms with Crippen LogP contribution in [-0.4, -0.2) is 17.7 Å². The van der Waals surface area contributed by atoms with Gasteiger partial charge in [0.25, 0.3) is 5.91 Å². The number of hydrogen-bond acceptors (Lipinski definition) is 3. The fourth-order valence-corrected chi connectivity index (χ4v) is 2.48. The van der Waals surface area contributed by atoms with E-state index >= 15 is 0 Å². The third kappa shape index (κ3) is 1.77. The van der Waals surface area contributed by atoms with Crippen LogP contribution >= 0.6 is 11.6 Å². The monoisotopic (exact) mass is 266 g/mol. The topological polar surface area (TPSA) is 72.2 Å². The molecule has 18 heavy (non-hydrogen) atoms. The van der Waals surface area contributed by atoms with Gasteiger partial charge < -0.3 is 15.8 Å². The summed E-state index contributed by atoms with van der Waals surface area (Å²) in [6.45, 7) is 3.86. The molecule has 0 saturated heterocycles. The SMILES string of the molecule is CC1C(C)C1(C=O)NC(=O)c1cccc(N)c1Cl. The summed E-state index contributed by atoms with van der Waals surface area (Å²) >= 11 is 5.98. The maximum Gasteiger partial charge on any atom is 0.253 e. The van der Waals surface area contributed by atoms with Crippen molar-refractivity contribution in [1.29, 1.82) is 0 Å². The van der Waals surface area contributed by atoms with Gasteiger partial charge in [-0.15, -0.1) is 0 Å². The fourth-order valence-electron chi connectivity index (χ4n) is 2.27. The molecule has 0 radical (unpaired) electrons. The van der Waals surface area contributed by atoms with Gasteiger partial charge in [0.1, 0.15) is 11.8 Å². The standard InChI is InChI=1S/C13H15ClN2O2/c1-7-8(2)13(7,6-17)16-12(18)9-4-3-5-10(15)11(9)14/h3-8H,15H2,1-2H3,(H,16,18). The lowest BCUT2D eigenvalue weighted by atomic mass is 10.1. The van der Waals surface area contributed by atoms with Crippen LogP contribution in [0.1, 0.15) is 24.2 Å². The van der Waals surface area contributed by atoms with E-state index < -0.39 is 5.54 Å². The van der Waals surface area contributed by atoms with E-state index in [1.165, 1.54) is 0 Å². The molecule has 1 fully saturated rings. The Balaban J connectivity index is 2.24. The molecule has 1 aromatic carbocycles. The molecule has 2 unspecified atom stereocenters. The van der Waals surface area contributed by atoms with E-state index in [1.807, 2.05) is 13.8 Å². The Morgan fingerprint density at radius 2 is 2.06 bits per heavy atom. The van der Waals surface area contributed by atoms with E-state index in [2.05, 4.69) is 5.32 Å². The number of nitrogens with two attached hydrogens (primary N) is 1. The average Bonchev–Trinajstić information content (AvgIpc) is 2.86. The lowest BCUT2D eigenvalue weighted by Gasteiger charge is -2.14. The number of nitrogen functional groups attached to an aromatic ring is 1. The molecule has 0 spiro atoms. The summed E-state index contributed by atoms with van der Waals surface area (Å²) in [7, 11) is 0. The van der Waals surface area contributed by atoms with E-state index in [0.717, 1.165) is 6.29 Å². The molecule has 2 rings (SSSR count). The predicted molar refractivity (Wildman–Crippen MR) is 70.5 cm³/mol. The smallest absolute Gasteiger partial charge is 0.253 e. The molecule has 0 aromatic heterocycles. The minimum absolute atomic E-state index is 0.138. The van der Waals surface area contributed by atoms with Crippen LogP contribution in [-0.2, 0) is 4.79 Å². The second-order valence-electron chi connectivity index (χ2n) is 4.79. The van der Waals surface area contributed by atoms with Crippen LogP contribution in [0, 0.1) is 11.8 Å². The Kier molecular flexibility index (Phi) is 3.07. The summed E-state index contributed by atoms with van der Waals surface area (Å²) in [6.07, 6.45) is 0.806. The molecule has 1 saturated carbocycles. The van der Waals surface area contributed by atoms with Gasteiger partial charge in [-0.05, 0) is 24.0 Å². The number of carbonyl (C=O) groups excluding carboxylic acids is 2. The molecule has 5 heteroatoms. The second-order valence-corrected chi connectivity index (χ2v) is 5.17. The van der Waals surface area contributed by atoms with Crippen molar-refractivity contribution in [2.24, 2.45) is 11.8 Å². The first-order valence-corrected chi connectivity index (χ1v) is 6.14. The van der Waals surface area contributed by atoms with Crippen LogP contribution < -0.4 is 11.1 Å². The van der Waals surface area contributed by atoms with Crippen LogP contribution in [0.5, 0.6) is 0 Å². The molecule has 0 aliphatic heterocycles. The Hall–Kier alpha value is -1.55. The highest BCUT2D eigenvalue weighted by Gasteiger charge is 2.60. The van der Waals surface area contributed by atoms with Crippen molar-refractivity contribution < 1.29 is 9.59 Å². The van der Waals surface area contributed by atoms with Gasteiger partial charge in [-0.3, -0.25) is 4.79 Å². The van der Waals surface area contributed by atoms with Crippen molar-refractivity contribution >= 4 is 29.5 Å². The van der Waals surface area contributed by atoms with Crippen LogP contribution in [0.15, 0.2) is 18.2 Å². The van der Waals surface area contributed by atoms with Crippen molar-refractivity contribution in [3.63, 3.8) is 0 Å². The lowest BCUT2D eigenvalue weighted by molar-refractivity contribution is -0.110. The summed E-state index contributed by atoms with van der Waals surface area (Å²) in [6, 6.07) is 4.87. The largest absolute Gasteiger partial charge is 0.398 e.